The smallest absolute Gasteiger partial charge is 0.328 e. The second kappa shape index (κ2) is 6.54. The van der Waals surface area contributed by atoms with Gasteiger partial charge in [-0.3, -0.25) is 9.59 Å². The van der Waals surface area contributed by atoms with Crippen LogP contribution in [0.4, 0.5) is 0 Å². The number of carboxylic acid groups (broad SMARTS) is 1. The van der Waals surface area contributed by atoms with Crippen molar-refractivity contribution in [2.45, 2.75) is 39.2 Å². The lowest BCUT2D eigenvalue weighted by molar-refractivity contribution is -0.149. The highest BCUT2D eigenvalue weighted by atomic mass is 16.5. The third kappa shape index (κ3) is 3.68. The first kappa shape index (κ1) is 15.5. The maximum Gasteiger partial charge on any atom is 0.328 e. The van der Waals surface area contributed by atoms with Gasteiger partial charge in [0.2, 0.25) is 5.91 Å². The maximum atomic E-state index is 12.1. The summed E-state index contributed by atoms with van der Waals surface area (Å²) in [6.07, 6.45) is 1.78. The molecule has 0 heterocycles. The number of carbonyl (C=O) groups excluding carboxylic acids is 2. The minimum Gasteiger partial charge on any atom is -0.481 e. The van der Waals surface area contributed by atoms with Crippen molar-refractivity contribution in [3.63, 3.8) is 0 Å². The zero-order chi connectivity index (χ0) is 14.6. The van der Waals surface area contributed by atoms with E-state index in [1.54, 1.807) is 13.8 Å². The Morgan fingerprint density at radius 2 is 1.79 bits per heavy atom. The lowest BCUT2D eigenvalue weighted by atomic mass is 9.94. The van der Waals surface area contributed by atoms with Gasteiger partial charge in [-0.15, -0.1) is 0 Å². The van der Waals surface area contributed by atoms with Gasteiger partial charge in [0.1, 0.15) is 6.04 Å². The third-order valence-corrected chi connectivity index (χ3v) is 3.59. The lowest BCUT2D eigenvalue weighted by Crippen LogP contribution is -2.48. The second-order valence-corrected chi connectivity index (χ2v) is 5.24. The van der Waals surface area contributed by atoms with Crippen LogP contribution in [0, 0.1) is 17.8 Å². The Kier molecular flexibility index (Phi) is 5.32. The van der Waals surface area contributed by atoms with E-state index < -0.39 is 29.8 Å². The fourth-order valence-corrected chi connectivity index (χ4v) is 2.45. The Bertz CT molecular complexity index is 366. The van der Waals surface area contributed by atoms with E-state index in [2.05, 4.69) is 10.1 Å². The Hall–Kier alpha value is -1.59. The average molecular weight is 271 g/mol. The van der Waals surface area contributed by atoms with Crippen molar-refractivity contribution in [1.29, 1.82) is 0 Å². The minimum atomic E-state index is -0.947. The highest BCUT2D eigenvalue weighted by molar-refractivity contribution is 5.89. The summed E-state index contributed by atoms with van der Waals surface area (Å²) in [5, 5.41) is 11.7. The monoisotopic (exact) mass is 271 g/mol. The van der Waals surface area contributed by atoms with Gasteiger partial charge in [-0.05, 0) is 18.8 Å². The molecule has 1 rings (SSSR count). The first-order valence-corrected chi connectivity index (χ1v) is 6.49. The van der Waals surface area contributed by atoms with Crippen LogP contribution >= 0.6 is 0 Å². The number of carboxylic acids is 1. The molecule has 6 heteroatoms. The maximum absolute atomic E-state index is 12.1. The predicted molar refractivity (Wildman–Crippen MR) is 67.3 cm³/mol. The van der Waals surface area contributed by atoms with Crippen molar-refractivity contribution in [3.8, 4) is 0 Å². The molecule has 1 saturated carbocycles. The standard InChI is InChI=1S/C13H21NO5/c1-7(2)10(13(18)19-3)14-11(15)8-5-4-6-9(8)12(16)17/h7-10H,4-6H2,1-3H3,(H,14,15)(H,16,17). The van der Waals surface area contributed by atoms with Crippen molar-refractivity contribution >= 4 is 17.8 Å². The third-order valence-electron chi connectivity index (χ3n) is 3.59. The Morgan fingerprint density at radius 3 is 2.26 bits per heavy atom. The minimum absolute atomic E-state index is 0.110. The fraction of sp³-hybridized carbons (Fsp3) is 0.769. The molecule has 1 fully saturated rings. The molecule has 3 atom stereocenters. The molecular formula is C13H21NO5. The van der Waals surface area contributed by atoms with Crippen LogP contribution in [-0.2, 0) is 19.1 Å². The summed E-state index contributed by atoms with van der Waals surface area (Å²) < 4.78 is 4.64. The molecular weight excluding hydrogens is 250 g/mol. The first-order valence-electron chi connectivity index (χ1n) is 6.49. The molecule has 1 aliphatic carbocycles. The molecule has 2 N–H and O–H groups in total. The van der Waals surface area contributed by atoms with E-state index in [1.165, 1.54) is 7.11 Å². The van der Waals surface area contributed by atoms with E-state index in [4.69, 9.17) is 5.11 Å². The number of hydrogen-bond acceptors (Lipinski definition) is 4. The Balaban J connectivity index is 2.71. The predicted octanol–water partition coefficient (Wildman–Crippen LogP) is 0.801. The first-order chi connectivity index (χ1) is 8.88. The second-order valence-electron chi connectivity index (χ2n) is 5.24. The number of ether oxygens (including phenoxy) is 1. The zero-order valence-corrected chi connectivity index (χ0v) is 11.5. The molecule has 0 bridgehead atoms. The number of hydrogen-bond donors (Lipinski definition) is 2. The number of carbonyl (C=O) groups is 3. The number of amides is 1. The molecule has 0 spiro atoms. The van der Waals surface area contributed by atoms with Gasteiger partial charge in [0.05, 0.1) is 18.9 Å². The van der Waals surface area contributed by atoms with Crippen LogP contribution in [0.5, 0.6) is 0 Å². The van der Waals surface area contributed by atoms with Crippen molar-refractivity contribution in [2.75, 3.05) is 7.11 Å². The number of nitrogens with one attached hydrogen (secondary N) is 1. The number of methoxy groups -OCH3 is 1. The summed E-state index contributed by atoms with van der Waals surface area (Å²) in [5.41, 5.74) is 0. The molecule has 1 amide bonds. The lowest BCUT2D eigenvalue weighted by Gasteiger charge is -2.23. The van der Waals surface area contributed by atoms with Gasteiger partial charge in [-0.25, -0.2) is 4.79 Å². The summed E-state index contributed by atoms with van der Waals surface area (Å²) in [5.74, 6) is -3.13. The van der Waals surface area contributed by atoms with Gasteiger partial charge in [0.25, 0.3) is 0 Å². The van der Waals surface area contributed by atoms with E-state index in [0.29, 0.717) is 12.8 Å². The zero-order valence-electron chi connectivity index (χ0n) is 11.5. The SMILES string of the molecule is COC(=O)C(NC(=O)C1CCCC1C(=O)O)C(C)C. The average Bonchev–Trinajstić information content (AvgIpc) is 2.83. The molecule has 3 unspecified atom stereocenters. The number of esters is 1. The molecule has 0 aromatic carbocycles. The summed E-state index contributed by atoms with van der Waals surface area (Å²) in [6, 6.07) is -0.729. The van der Waals surface area contributed by atoms with Gasteiger partial charge in [0, 0.05) is 0 Å². The topological polar surface area (TPSA) is 92.7 Å². The van der Waals surface area contributed by atoms with Gasteiger partial charge in [-0.2, -0.15) is 0 Å². The molecule has 0 aromatic rings. The molecule has 0 aliphatic heterocycles. The molecule has 19 heavy (non-hydrogen) atoms. The van der Waals surface area contributed by atoms with Gasteiger partial charge < -0.3 is 15.2 Å². The Labute approximate surface area is 112 Å². The summed E-state index contributed by atoms with van der Waals surface area (Å²) in [7, 11) is 1.26. The summed E-state index contributed by atoms with van der Waals surface area (Å²) >= 11 is 0. The van der Waals surface area contributed by atoms with Crippen molar-refractivity contribution in [2.24, 2.45) is 17.8 Å². The van der Waals surface area contributed by atoms with Gasteiger partial charge in [-0.1, -0.05) is 20.3 Å². The molecule has 108 valence electrons. The molecule has 6 nitrogen and oxygen atoms in total. The van der Waals surface area contributed by atoms with Crippen LogP contribution in [0.1, 0.15) is 33.1 Å². The molecule has 0 radical (unpaired) electrons. The Morgan fingerprint density at radius 1 is 1.21 bits per heavy atom. The fourth-order valence-electron chi connectivity index (χ4n) is 2.45. The van der Waals surface area contributed by atoms with E-state index in [1.807, 2.05) is 0 Å². The summed E-state index contributed by atoms with van der Waals surface area (Å²) in [6.45, 7) is 3.59. The van der Waals surface area contributed by atoms with Gasteiger partial charge >= 0.3 is 11.9 Å². The van der Waals surface area contributed by atoms with E-state index in [-0.39, 0.29) is 11.8 Å². The molecule has 1 aliphatic rings. The van der Waals surface area contributed by atoms with Crippen LogP contribution in [0.25, 0.3) is 0 Å². The molecule has 0 saturated heterocycles. The van der Waals surface area contributed by atoms with Crippen LogP contribution < -0.4 is 5.32 Å². The highest BCUT2D eigenvalue weighted by Crippen LogP contribution is 2.32. The highest BCUT2D eigenvalue weighted by Gasteiger charge is 2.39. The number of rotatable bonds is 5. The number of aliphatic carboxylic acids is 1. The summed E-state index contributed by atoms with van der Waals surface area (Å²) in [4.78, 5) is 34.7. The largest absolute Gasteiger partial charge is 0.481 e. The van der Waals surface area contributed by atoms with Crippen LogP contribution in [0.2, 0.25) is 0 Å². The van der Waals surface area contributed by atoms with Crippen LogP contribution in [0.15, 0.2) is 0 Å². The van der Waals surface area contributed by atoms with E-state index in [9.17, 15) is 14.4 Å². The van der Waals surface area contributed by atoms with E-state index >= 15 is 0 Å². The normalized spacial score (nSPS) is 24.0. The van der Waals surface area contributed by atoms with Crippen molar-refractivity contribution in [1.82, 2.24) is 5.32 Å². The van der Waals surface area contributed by atoms with Crippen LogP contribution in [0.3, 0.4) is 0 Å². The van der Waals surface area contributed by atoms with Crippen molar-refractivity contribution in [3.05, 3.63) is 0 Å². The van der Waals surface area contributed by atoms with Crippen LogP contribution in [-0.4, -0.2) is 36.1 Å². The quantitative estimate of drug-likeness (QED) is 0.721. The van der Waals surface area contributed by atoms with Gasteiger partial charge in [0.15, 0.2) is 0 Å². The van der Waals surface area contributed by atoms with Crippen molar-refractivity contribution < 1.29 is 24.2 Å². The molecule has 0 aromatic heterocycles. The van der Waals surface area contributed by atoms with E-state index in [0.717, 1.165) is 6.42 Å².